The number of rotatable bonds is 5. The minimum atomic E-state index is -2.04. The van der Waals surface area contributed by atoms with Gasteiger partial charge in [0.05, 0.1) is 6.61 Å². The van der Waals surface area contributed by atoms with Gasteiger partial charge >= 0.3 is 6.09 Å². The van der Waals surface area contributed by atoms with Gasteiger partial charge in [0.25, 0.3) is 6.47 Å². The second kappa shape index (κ2) is 7.01. The van der Waals surface area contributed by atoms with Gasteiger partial charge in [-0.2, -0.15) is 0 Å². The number of hydrogen-bond acceptors (Lipinski definition) is 6. The van der Waals surface area contributed by atoms with Crippen molar-refractivity contribution < 1.29 is 28.6 Å². The summed E-state index contributed by atoms with van der Waals surface area (Å²) in [7, 11) is -2.04. The lowest BCUT2D eigenvalue weighted by molar-refractivity contribution is -0.217. The van der Waals surface area contributed by atoms with Crippen molar-refractivity contribution in [2.45, 2.75) is 83.6 Å². The Labute approximate surface area is 145 Å². The fourth-order valence-electron chi connectivity index (χ4n) is 2.08. The van der Waals surface area contributed by atoms with E-state index in [1.165, 1.54) is 4.90 Å². The number of nitrogens with zero attached hydrogens (tertiary/aromatic N) is 1. The van der Waals surface area contributed by atoms with Gasteiger partial charge in [0, 0.05) is 0 Å². The molecule has 0 aromatic heterocycles. The van der Waals surface area contributed by atoms with E-state index in [2.05, 4.69) is 33.9 Å². The summed E-state index contributed by atoms with van der Waals surface area (Å²) in [6, 6.07) is -0.561. The highest BCUT2D eigenvalue weighted by molar-refractivity contribution is 6.74. The molecule has 0 aliphatic carbocycles. The third-order valence-corrected chi connectivity index (χ3v) is 9.05. The van der Waals surface area contributed by atoms with E-state index in [9.17, 15) is 14.7 Å². The smallest absolute Gasteiger partial charge is 0.412 e. The average Bonchev–Trinajstić information content (AvgIpc) is 2.36. The van der Waals surface area contributed by atoms with Crippen molar-refractivity contribution in [2.75, 3.05) is 6.61 Å². The van der Waals surface area contributed by atoms with Crippen LogP contribution in [0.15, 0.2) is 0 Å². The van der Waals surface area contributed by atoms with Crippen molar-refractivity contribution in [2.24, 2.45) is 0 Å². The van der Waals surface area contributed by atoms with Gasteiger partial charge in [-0.05, 0) is 38.9 Å². The highest BCUT2D eigenvalue weighted by Crippen LogP contribution is 2.38. The first-order valence-corrected chi connectivity index (χ1v) is 11.0. The Morgan fingerprint density at radius 3 is 2.17 bits per heavy atom. The summed E-state index contributed by atoms with van der Waals surface area (Å²) in [5.41, 5.74) is -0.682. The van der Waals surface area contributed by atoms with Crippen molar-refractivity contribution in [3.63, 3.8) is 0 Å². The lowest BCUT2D eigenvalue weighted by Gasteiger charge is -2.51. The first kappa shape index (κ1) is 20.9. The number of likely N-dealkylation sites (tertiary alicyclic amines) is 1. The number of ether oxygens (including phenoxy) is 2. The fraction of sp³-hybridized carbons (Fsp3) is 0.875. The van der Waals surface area contributed by atoms with Crippen molar-refractivity contribution in [3.8, 4) is 0 Å². The van der Waals surface area contributed by atoms with Crippen molar-refractivity contribution in [1.82, 2.24) is 4.90 Å². The molecule has 0 aromatic carbocycles. The Balaban J connectivity index is 2.85. The monoisotopic (exact) mass is 361 g/mol. The van der Waals surface area contributed by atoms with E-state index in [1.54, 1.807) is 20.8 Å². The maximum Gasteiger partial charge on any atom is 0.412 e. The van der Waals surface area contributed by atoms with Gasteiger partial charge in [-0.3, -0.25) is 9.69 Å². The number of carbonyl (C=O) groups is 2. The molecule has 0 spiro atoms. The van der Waals surface area contributed by atoms with Crippen LogP contribution in [0.25, 0.3) is 0 Å². The first-order chi connectivity index (χ1) is 10.7. The van der Waals surface area contributed by atoms with Gasteiger partial charge in [-0.1, -0.05) is 20.8 Å². The van der Waals surface area contributed by atoms with Gasteiger partial charge in [-0.25, -0.2) is 4.79 Å². The van der Waals surface area contributed by atoms with Crippen molar-refractivity contribution in [3.05, 3.63) is 0 Å². The largest absolute Gasteiger partial charge is 0.457 e. The van der Waals surface area contributed by atoms with Gasteiger partial charge < -0.3 is 19.0 Å². The molecule has 1 aliphatic rings. The van der Waals surface area contributed by atoms with Gasteiger partial charge in [-0.15, -0.1) is 0 Å². The van der Waals surface area contributed by atoms with Crippen LogP contribution in [-0.4, -0.2) is 61.5 Å². The van der Waals surface area contributed by atoms with E-state index >= 15 is 0 Å². The summed E-state index contributed by atoms with van der Waals surface area (Å²) in [6.45, 7) is 16.2. The number of carbonyl (C=O) groups excluding carboxylic acids is 2. The molecule has 1 heterocycles. The Morgan fingerprint density at radius 1 is 1.21 bits per heavy atom. The summed E-state index contributed by atoms with van der Waals surface area (Å²) in [5, 5.41) is 10.1. The molecule has 140 valence electrons. The molecule has 1 aliphatic heterocycles. The van der Waals surface area contributed by atoms with Crippen LogP contribution in [0, 0.1) is 0 Å². The normalized spacial score (nSPS) is 25.0. The van der Waals surface area contributed by atoms with Crippen LogP contribution in [0.2, 0.25) is 18.1 Å². The van der Waals surface area contributed by atoms with E-state index in [-0.39, 0.29) is 18.1 Å². The van der Waals surface area contributed by atoms with E-state index in [1.807, 2.05) is 0 Å². The quantitative estimate of drug-likeness (QED) is 0.598. The molecule has 0 bridgehead atoms. The minimum Gasteiger partial charge on any atom is -0.457 e. The first-order valence-electron chi connectivity index (χ1n) is 8.14. The zero-order valence-electron chi connectivity index (χ0n) is 16.0. The number of aliphatic hydroxyl groups is 1. The Kier molecular flexibility index (Phi) is 6.11. The van der Waals surface area contributed by atoms with Crippen LogP contribution in [0.3, 0.4) is 0 Å². The van der Waals surface area contributed by atoms with E-state index in [0.29, 0.717) is 0 Å². The third kappa shape index (κ3) is 4.70. The van der Waals surface area contributed by atoms with Crippen LogP contribution in [0.5, 0.6) is 0 Å². The predicted molar refractivity (Wildman–Crippen MR) is 92.0 cm³/mol. The molecule has 1 unspecified atom stereocenters. The summed E-state index contributed by atoms with van der Waals surface area (Å²) in [4.78, 5) is 24.1. The molecule has 3 atom stereocenters. The van der Waals surface area contributed by atoms with Crippen LogP contribution in [0.1, 0.15) is 41.5 Å². The number of aliphatic hydroxyl groups excluding tert-OH is 1. The lowest BCUT2D eigenvalue weighted by atomic mass is 9.98. The van der Waals surface area contributed by atoms with Gasteiger partial charge in [0.2, 0.25) is 0 Å². The van der Waals surface area contributed by atoms with E-state index in [4.69, 9.17) is 13.9 Å². The van der Waals surface area contributed by atoms with Crippen LogP contribution in [-0.2, 0) is 18.7 Å². The summed E-state index contributed by atoms with van der Waals surface area (Å²) < 4.78 is 16.3. The Morgan fingerprint density at radius 2 is 1.75 bits per heavy atom. The SMILES string of the molecule is CC(C)(C)OC(=O)N1C(O)[C@H](OC=O)[C@H]1CO[Si](C)(C)C(C)(C)C. The maximum absolute atomic E-state index is 12.3. The molecule has 1 fully saturated rings. The van der Waals surface area contributed by atoms with Crippen LogP contribution >= 0.6 is 0 Å². The standard InChI is InChI=1S/C16H31NO6Si/c1-15(2,3)23-14(20)17-11(12(13(17)19)21-10-18)9-22-24(7,8)16(4,5)6/h10-13,19H,9H2,1-8H3/t11-,12-,13?/m1/s1. The zero-order valence-corrected chi connectivity index (χ0v) is 17.0. The molecule has 8 heteroatoms. The predicted octanol–water partition coefficient (Wildman–Crippen LogP) is 2.49. The van der Waals surface area contributed by atoms with Crippen molar-refractivity contribution in [1.29, 1.82) is 0 Å². The van der Waals surface area contributed by atoms with E-state index < -0.39 is 38.4 Å². The lowest BCUT2D eigenvalue weighted by Crippen LogP contribution is -2.72. The minimum absolute atomic E-state index is 0.00707. The second-order valence-corrected chi connectivity index (χ2v) is 13.4. The van der Waals surface area contributed by atoms with Gasteiger partial charge in [0.15, 0.2) is 20.6 Å². The highest BCUT2D eigenvalue weighted by atomic mass is 28.4. The molecule has 7 nitrogen and oxygen atoms in total. The average molecular weight is 362 g/mol. The molecule has 1 rings (SSSR count). The van der Waals surface area contributed by atoms with Gasteiger partial charge in [0.1, 0.15) is 11.6 Å². The summed E-state index contributed by atoms with van der Waals surface area (Å²) in [6.07, 6.45) is -2.68. The maximum atomic E-state index is 12.3. The molecule has 1 amide bonds. The summed E-state index contributed by atoms with van der Waals surface area (Å²) >= 11 is 0. The Hall–Kier alpha value is -1.12. The molecule has 1 N–H and O–H groups in total. The second-order valence-electron chi connectivity index (χ2n) is 8.64. The fourth-order valence-corrected chi connectivity index (χ4v) is 3.10. The topological polar surface area (TPSA) is 85.3 Å². The molecule has 0 saturated carbocycles. The van der Waals surface area contributed by atoms with Crippen molar-refractivity contribution >= 4 is 20.9 Å². The Bertz CT molecular complexity index is 468. The van der Waals surface area contributed by atoms with E-state index in [0.717, 1.165) is 0 Å². The molecule has 0 aromatic rings. The highest BCUT2D eigenvalue weighted by Gasteiger charge is 2.54. The summed E-state index contributed by atoms with van der Waals surface area (Å²) in [5.74, 6) is 0. The molecule has 0 radical (unpaired) electrons. The third-order valence-electron chi connectivity index (χ3n) is 4.55. The van der Waals surface area contributed by atoms with Crippen LogP contribution < -0.4 is 0 Å². The molecule has 1 saturated heterocycles. The zero-order chi connectivity index (χ0) is 18.9. The number of amides is 1. The molecular weight excluding hydrogens is 330 g/mol. The number of hydrogen-bond donors (Lipinski definition) is 1. The van der Waals surface area contributed by atoms with Crippen LogP contribution in [0.4, 0.5) is 4.79 Å². The molecular formula is C16H31NO6Si. The molecule has 24 heavy (non-hydrogen) atoms.